The van der Waals surface area contributed by atoms with Gasteiger partial charge >= 0.3 is 0 Å². The molecule has 0 saturated carbocycles. The van der Waals surface area contributed by atoms with Crippen LogP contribution in [0, 0.1) is 5.82 Å². The van der Waals surface area contributed by atoms with Crippen LogP contribution in [0.1, 0.15) is 16.2 Å². The molecule has 5 nitrogen and oxygen atoms in total. The van der Waals surface area contributed by atoms with E-state index in [0.717, 1.165) is 23.3 Å². The Labute approximate surface area is 149 Å². The molecule has 25 heavy (non-hydrogen) atoms. The van der Waals surface area contributed by atoms with Crippen LogP contribution in [0.5, 0.6) is 0 Å². The average Bonchev–Trinajstić information content (AvgIpc) is 2.99. The Morgan fingerprint density at radius 3 is 2.68 bits per heavy atom. The maximum absolute atomic E-state index is 13.4. The number of aromatic nitrogens is 3. The molecule has 0 aliphatic carbocycles. The van der Waals surface area contributed by atoms with Gasteiger partial charge in [0.15, 0.2) is 5.82 Å². The fraction of sp³-hybridized carbons (Fsp3) is 0.167. The summed E-state index contributed by atoms with van der Waals surface area (Å²) in [7, 11) is 1.88. The molecule has 3 aromatic rings. The lowest BCUT2D eigenvalue weighted by Gasteiger charge is -2.07. The molecule has 0 aliphatic heterocycles. The average molecular weight is 359 g/mol. The summed E-state index contributed by atoms with van der Waals surface area (Å²) in [6.45, 7) is 0.365. The van der Waals surface area contributed by atoms with E-state index in [1.165, 1.54) is 12.1 Å². The van der Waals surface area contributed by atoms with Gasteiger partial charge in [-0.1, -0.05) is 41.9 Å². The molecule has 2 aromatic carbocycles. The molecule has 0 bridgehead atoms. The van der Waals surface area contributed by atoms with E-state index in [9.17, 15) is 9.18 Å². The number of hydrogen-bond donors (Lipinski definition) is 1. The van der Waals surface area contributed by atoms with Crippen molar-refractivity contribution in [2.24, 2.45) is 7.05 Å². The number of carbonyl (C=O) groups excluding carboxylic acids is 1. The van der Waals surface area contributed by atoms with Crippen LogP contribution in [0.3, 0.4) is 0 Å². The largest absolute Gasteiger partial charge is 0.352 e. The minimum Gasteiger partial charge on any atom is -0.352 e. The lowest BCUT2D eigenvalue weighted by atomic mass is 10.2. The molecule has 0 atom stereocenters. The van der Waals surface area contributed by atoms with Gasteiger partial charge in [0.1, 0.15) is 11.6 Å². The van der Waals surface area contributed by atoms with E-state index in [0.29, 0.717) is 13.0 Å². The Morgan fingerprint density at radius 2 is 1.96 bits per heavy atom. The Hall–Kier alpha value is -2.73. The molecule has 1 amide bonds. The predicted octanol–water partition coefficient (Wildman–Crippen LogP) is 3.25. The van der Waals surface area contributed by atoms with Crippen LogP contribution in [0.4, 0.5) is 4.39 Å². The molecule has 0 unspecified atom stereocenters. The summed E-state index contributed by atoms with van der Waals surface area (Å²) in [5.41, 5.74) is 1.20. The SMILES string of the molecule is Cn1c(CCNC(=O)c2ccc(Cl)c(F)c2)nnc1-c1ccccc1. The van der Waals surface area contributed by atoms with E-state index in [1.807, 2.05) is 41.9 Å². The van der Waals surface area contributed by atoms with Gasteiger partial charge in [0, 0.05) is 31.1 Å². The van der Waals surface area contributed by atoms with Crippen LogP contribution in [-0.2, 0) is 13.5 Å². The van der Waals surface area contributed by atoms with Crippen molar-refractivity contribution in [3.63, 3.8) is 0 Å². The zero-order chi connectivity index (χ0) is 17.8. The lowest BCUT2D eigenvalue weighted by molar-refractivity contribution is 0.0953. The second-order valence-electron chi connectivity index (χ2n) is 5.50. The van der Waals surface area contributed by atoms with Crippen molar-refractivity contribution >= 4 is 17.5 Å². The van der Waals surface area contributed by atoms with Crippen LogP contribution in [0.15, 0.2) is 48.5 Å². The number of benzene rings is 2. The molecule has 7 heteroatoms. The predicted molar refractivity (Wildman–Crippen MR) is 93.9 cm³/mol. The van der Waals surface area contributed by atoms with Gasteiger partial charge < -0.3 is 9.88 Å². The summed E-state index contributed by atoms with van der Waals surface area (Å²) < 4.78 is 15.3. The number of nitrogens with zero attached hydrogens (tertiary/aromatic N) is 3. The molecule has 0 radical (unpaired) electrons. The smallest absolute Gasteiger partial charge is 0.251 e. The first-order valence-electron chi connectivity index (χ1n) is 7.73. The molecule has 0 saturated heterocycles. The number of rotatable bonds is 5. The third-order valence-electron chi connectivity index (χ3n) is 3.81. The monoisotopic (exact) mass is 358 g/mol. The van der Waals surface area contributed by atoms with Crippen molar-refractivity contribution in [3.8, 4) is 11.4 Å². The van der Waals surface area contributed by atoms with Gasteiger partial charge in [-0.3, -0.25) is 4.79 Å². The highest BCUT2D eigenvalue weighted by Crippen LogP contribution is 2.17. The Balaban J connectivity index is 1.62. The van der Waals surface area contributed by atoms with Crippen molar-refractivity contribution in [2.75, 3.05) is 6.54 Å². The highest BCUT2D eigenvalue weighted by molar-refractivity contribution is 6.30. The molecule has 1 N–H and O–H groups in total. The first-order chi connectivity index (χ1) is 12.1. The third-order valence-corrected chi connectivity index (χ3v) is 4.12. The Bertz CT molecular complexity index is 895. The first kappa shape index (κ1) is 17.1. The van der Waals surface area contributed by atoms with Crippen LogP contribution in [0.2, 0.25) is 5.02 Å². The van der Waals surface area contributed by atoms with E-state index in [-0.39, 0.29) is 16.5 Å². The number of hydrogen-bond acceptors (Lipinski definition) is 3. The van der Waals surface area contributed by atoms with E-state index < -0.39 is 5.82 Å². The van der Waals surface area contributed by atoms with Crippen LogP contribution in [0.25, 0.3) is 11.4 Å². The number of nitrogens with one attached hydrogen (secondary N) is 1. The molecule has 1 heterocycles. The molecule has 0 fully saturated rings. The standard InChI is InChI=1S/C18H16ClFN4O/c1-24-16(22-23-17(24)12-5-3-2-4-6-12)9-10-21-18(25)13-7-8-14(19)15(20)11-13/h2-8,11H,9-10H2,1H3,(H,21,25). The van der Waals surface area contributed by atoms with Gasteiger partial charge in [-0.05, 0) is 18.2 Å². The van der Waals surface area contributed by atoms with Gasteiger partial charge in [0.05, 0.1) is 5.02 Å². The van der Waals surface area contributed by atoms with Crippen molar-refractivity contribution in [2.45, 2.75) is 6.42 Å². The fourth-order valence-corrected chi connectivity index (χ4v) is 2.56. The van der Waals surface area contributed by atoms with Gasteiger partial charge in [-0.25, -0.2) is 4.39 Å². The Morgan fingerprint density at radius 1 is 1.20 bits per heavy atom. The van der Waals surface area contributed by atoms with Crippen LogP contribution < -0.4 is 5.32 Å². The van der Waals surface area contributed by atoms with Crippen LogP contribution in [-0.4, -0.2) is 27.2 Å². The quantitative estimate of drug-likeness (QED) is 0.761. The highest BCUT2D eigenvalue weighted by Gasteiger charge is 2.12. The normalized spacial score (nSPS) is 10.7. The molecule has 128 valence electrons. The van der Waals surface area contributed by atoms with Crippen molar-refractivity contribution in [3.05, 3.63) is 70.8 Å². The molecule has 0 spiro atoms. The second kappa shape index (κ2) is 7.44. The van der Waals surface area contributed by atoms with Gasteiger partial charge in [-0.15, -0.1) is 10.2 Å². The minimum absolute atomic E-state index is 0.0101. The number of carbonyl (C=O) groups is 1. The zero-order valence-corrected chi connectivity index (χ0v) is 14.3. The summed E-state index contributed by atoms with van der Waals surface area (Å²) in [5, 5.41) is 11.1. The van der Waals surface area contributed by atoms with Gasteiger partial charge in [0.25, 0.3) is 5.91 Å². The van der Waals surface area contributed by atoms with Gasteiger partial charge in [-0.2, -0.15) is 0 Å². The fourth-order valence-electron chi connectivity index (χ4n) is 2.45. The Kier molecular flexibility index (Phi) is 5.09. The van der Waals surface area contributed by atoms with E-state index >= 15 is 0 Å². The summed E-state index contributed by atoms with van der Waals surface area (Å²) in [4.78, 5) is 12.0. The van der Waals surface area contributed by atoms with Gasteiger partial charge in [0.2, 0.25) is 0 Å². The summed E-state index contributed by atoms with van der Waals surface area (Å²) in [6, 6.07) is 13.7. The molecule has 3 rings (SSSR count). The topological polar surface area (TPSA) is 59.8 Å². The molecule has 1 aromatic heterocycles. The molecular formula is C18H16ClFN4O. The van der Waals surface area contributed by atoms with Crippen molar-refractivity contribution in [1.82, 2.24) is 20.1 Å². The summed E-state index contributed by atoms with van der Waals surface area (Å²) in [5.74, 6) is 0.541. The van der Waals surface area contributed by atoms with Crippen LogP contribution >= 0.6 is 11.6 Å². The lowest BCUT2D eigenvalue weighted by Crippen LogP contribution is -2.26. The highest BCUT2D eigenvalue weighted by atomic mass is 35.5. The third kappa shape index (κ3) is 3.85. The number of amides is 1. The summed E-state index contributed by atoms with van der Waals surface area (Å²) in [6.07, 6.45) is 0.512. The van der Waals surface area contributed by atoms with E-state index in [1.54, 1.807) is 0 Å². The van der Waals surface area contributed by atoms with Crippen molar-refractivity contribution in [1.29, 1.82) is 0 Å². The zero-order valence-electron chi connectivity index (χ0n) is 13.5. The van der Waals surface area contributed by atoms with Crippen molar-refractivity contribution < 1.29 is 9.18 Å². The molecule has 0 aliphatic rings. The number of halogens is 2. The molecular weight excluding hydrogens is 343 g/mol. The van der Waals surface area contributed by atoms with E-state index in [4.69, 9.17) is 11.6 Å². The minimum atomic E-state index is -0.616. The maximum Gasteiger partial charge on any atom is 0.251 e. The maximum atomic E-state index is 13.4. The first-order valence-corrected chi connectivity index (χ1v) is 8.11. The summed E-state index contributed by atoms with van der Waals surface area (Å²) >= 11 is 5.62. The van der Waals surface area contributed by atoms with E-state index in [2.05, 4.69) is 15.5 Å². The second-order valence-corrected chi connectivity index (χ2v) is 5.91.